The molecule has 1 fully saturated rings. The zero-order chi connectivity index (χ0) is 21.9. The summed E-state index contributed by atoms with van der Waals surface area (Å²) in [4.78, 5) is 14.5. The summed E-state index contributed by atoms with van der Waals surface area (Å²) in [5.74, 6) is -0.149. The molecule has 0 aliphatic carbocycles. The number of hydrogen-bond acceptors (Lipinski definition) is 5. The number of aryl methyl sites for hydroxylation is 1. The van der Waals surface area contributed by atoms with Gasteiger partial charge in [-0.3, -0.25) is 9.10 Å². The van der Waals surface area contributed by atoms with E-state index in [2.05, 4.69) is 0 Å². The molecule has 0 N–H and O–H groups in total. The van der Waals surface area contributed by atoms with Crippen LogP contribution in [0.15, 0.2) is 41.3 Å². The highest BCUT2D eigenvalue weighted by molar-refractivity contribution is 7.93. The Morgan fingerprint density at radius 2 is 1.83 bits per heavy atom. The zero-order valence-electron chi connectivity index (χ0n) is 16.6. The Morgan fingerprint density at radius 3 is 2.47 bits per heavy atom. The second kappa shape index (κ2) is 9.43. The summed E-state index contributed by atoms with van der Waals surface area (Å²) in [5, 5.41) is 0.467. The molecule has 2 aromatic carbocycles. The normalized spacial score (nSPS) is 14.5. The van der Waals surface area contributed by atoms with Crippen LogP contribution in [0.2, 0.25) is 10.0 Å². The van der Waals surface area contributed by atoms with E-state index < -0.39 is 16.6 Å². The number of benzene rings is 2. The Labute approximate surface area is 186 Å². The zero-order valence-corrected chi connectivity index (χ0v) is 18.9. The first kappa shape index (κ1) is 22.7. The number of hydrogen-bond donors (Lipinski definition) is 0. The SMILES string of the molecule is COc1ccc(C)cc1S(=O)(=O)N(CC(=O)N1CCOCC1)c1ccc(Cl)c(Cl)c1. The molecular formula is C20H22Cl2N2O5S. The molecule has 1 aliphatic heterocycles. The number of carbonyl (C=O) groups is 1. The second-order valence-electron chi connectivity index (χ2n) is 6.76. The molecule has 0 unspecified atom stereocenters. The van der Waals surface area contributed by atoms with E-state index in [-0.39, 0.29) is 32.3 Å². The summed E-state index contributed by atoms with van der Waals surface area (Å²) in [7, 11) is -2.76. The Kier molecular flexibility index (Phi) is 7.13. The fraction of sp³-hybridized carbons (Fsp3) is 0.350. The van der Waals surface area contributed by atoms with E-state index in [9.17, 15) is 13.2 Å². The minimum absolute atomic E-state index is 0.0363. The average Bonchev–Trinajstić information content (AvgIpc) is 2.74. The summed E-state index contributed by atoms with van der Waals surface area (Å²) in [5.41, 5.74) is 0.970. The molecule has 0 atom stereocenters. The summed E-state index contributed by atoms with van der Waals surface area (Å²) in [6, 6.07) is 9.28. The van der Waals surface area contributed by atoms with E-state index in [1.165, 1.54) is 31.4 Å². The molecule has 30 heavy (non-hydrogen) atoms. The molecule has 0 spiro atoms. The number of amides is 1. The summed E-state index contributed by atoms with van der Waals surface area (Å²) in [6.45, 7) is 3.02. The van der Waals surface area contributed by atoms with Gasteiger partial charge in [0.2, 0.25) is 5.91 Å². The molecule has 3 rings (SSSR count). The maximum atomic E-state index is 13.7. The highest BCUT2D eigenvalue weighted by Gasteiger charge is 2.32. The predicted molar refractivity (Wildman–Crippen MR) is 116 cm³/mol. The molecule has 1 aliphatic rings. The summed E-state index contributed by atoms with van der Waals surface area (Å²) in [6.07, 6.45) is 0. The van der Waals surface area contributed by atoms with Crippen molar-refractivity contribution in [2.75, 3.05) is 44.3 Å². The first-order valence-electron chi connectivity index (χ1n) is 9.22. The number of nitrogens with zero attached hydrogens (tertiary/aromatic N) is 2. The van der Waals surface area contributed by atoms with Gasteiger partial charge < -0.3 is 14.4 Å². The monoisotopic (exact) mass is 472 g/mol. The number of rotatable bonds is 6. The van der Waals surface area contributed by atoms with E-state index in [1.54, 1.807) is 24.0 Å². The maximum absolute atomic E-state index is 13.7. The van der Waals surface area contributed by atoms with Gasteiger partial charge >= 0.3 is 0 Å². The van der Waals surface area contributed by atoms with Crippen LogP contribution in [-0.2, 0) is 19.6 Å². The molecule has 7 nitrogen and oxygen atoms in total. The minimum atomic E-state index is -4.15. The van der Waals surface area contributed by atoms with Crippen molar-refractivity contribution < 1.29 is 22.7 Å². The van der Waals surface area contributed by atoms with E-state index in [0.717, 1.165) is 9.87 Å². The quantitative estimate of drug-likeness (QED) is 0.643. The Balaban J connectivity index is 2.07. The third-order valence-corrected chi connectivity index (χ3v) is 7.26. The van der Waals surface area contributed by atoms with Crippen LogP contribution in [0.5, 0.6) is 5.75 Å². The largest absolute Gasteiger partial charge is 0.495 e. The highest BCUT2D eigenvalue weighted by atomic mass is 35.5. The Hall–Kier alpha value is -2.00. The number of anilines is 1. The van der Waals surface area contributed by atoms with Crippen LogP contribution in [0.3, 0.4) is 0 Å². The van der Waals surface area contributed by atoms with E-state index in [0.29, 0.717) is 26.3 Å². The topological polar surface area (TPSA) is 76.2 Å². The van der Waals surface area contributed by atoms with Gasteiger partial charge in [-0.05, 0) is 42.8 Å². The van der Waals surface area contributed by atoms with Crippen LogP contribution in [0, 0.1) is 6.92 Å². The molecule has 162 valence electrons. The molecule has 1 heterocycles. The van der Waals surface area contributed by atoms with Gasteiger partial charge in [-0.25, -0.2) is 8.42 Å². The van der Waals surface area contributed by atoms with Gasteiger partial charge in [-0.15, -0.1) is 0 Å². The lowest BCUT2D eigenvalue weighted by Gasteiger charge is -2.31. The van der Waals surface area contributed by atoms with Gasteiger partial charge in [0, 0.05) is 13.1 Å². The van der Waals surface area contributed by atoms with Gasteiger partial charge in [0.1, 0.15) is 17.2 Å². The van der Waals surface area contributed by atoms with E-state index >= 15 is 0 Å². The number of morpholine rings is 1. The molecule has 1 amide bonds. The lowest BCUT2D eigenvalue weighted by Crippen LogP contribution is -2.47. The molecular weight excluding hydrogens is 451 g/mol. The van der Waals surface area contributed by atoms with Crippen molar-refractivity contribution in [2.45, 2.75) is 11.8 Å². The predicted octanol–water partition coefficient (Wildman–Crippen LogP) is 3.36. The van der Waals surface area contributed by atoms with Crippen LogP contribution in [0.1, 0.15) is 5.56 Å². The first-order valence-corrected chi connectivity index (χ1v) is 11.4. The van der Waals surface area contributed by atoms with Crippen molar-refractivity contribution in [2.24, 2.45) is 0 Å². The molecule has 0 bridgehead atoms. The molecule has 0 radical (unpaired) electrons. The molecule has 2 aromatic rings. The Bertz CT molecular complexity index is 1040. The fourth-order valence-corrected chi connectivity index (χ4v) is 5.04. The van der Waals surface area contributed by atoms with Crippen LogP contribution in [0.4, 0.5) is 5.69 Å². The van der Waals surface area contributed by atoms with Gasteiger partial charge in [0.05, 0.1) is 36.1 Å². The number of halogens is 2. The van der Waals surface area contributed by atoms with Crippen molar-refractivity contribution in [3.05, 3.63) is 52.0 Å². The van der Waals surface area contributed by atoms with Crippen LogP contribution in [0.25, 0.3) is 0 Å². The lowest BCUT2D eigenvalue weighted by atomic mass is 10.2. The van der Waals surface area contributed by atoms with Crippen LogP contribution < -0.4 is 9.04 Å². The number of sulfonamides is 1. The summed E-state index contributed by atoms with van der Waals surface area (Å²) >= 11 is 12.1. The van der Waals surface area contributed by atoms with Crippen LogP contribution in [-0.4, -0.2) is 59.2 Å². The van der Waals surface area contributed by atoms with Crippen molar-refractivity contribution in [3.63, 3.8) is 0 Å². The molecule has 10 heteroatoms. The standard InChI is InChI=1S/C20H22Cl2N2O5S/c1-14-3-6-18(28-2)19(11-14)30(26,27)24(15-4-5-16(21)17(22)12-15)13-20(25)23-7-9-29-10-8-23/h3-6,11-12H,7-10,13H2,1-2H3. The second-order valence-corrected chi connectivity index (χ2v) is 9.40. The minimum Gasteiger partial charge on any atom is -0.495 e. The number of methoxy groups -OCH3 is 1. The van der Waals surface area contributed by atoms with Crippen molar-refractivity contribution in [1.82, 2.24) is 4.90 Å². The Morgan fingerprint density at radius 1 is 1.13 bits per heavy atom. The van der Waals surface area contributed by atoms with Gasteiger partial charge in [0.15, 0.2) is 0 Å². The molecule has 1 saturated heterocycles. The van der Waals surface area contributed by atoms with Gasteiger partial charge in [-0.2, -0.15) is 0 Å². The average molecular weight is 473 g/mol. The van der Waals surface area contributed by atoms with Crippen molar-refractivity contribution in [3.8, 4) is 5.75 Å². The van der Waals surface area contributed by atoms with Gasteiger partial charge in [0.25, 0.3) is 10.0 Å². The van der Waals surface area contributed by atoms with Crippen LogP contribution >= 0.6 is 23.2 Å². The highest BCUT2D eigenvalue weighted by Crippen LogP contribution is 2.33. The first-order chi connectivity index (χ1) is 14.2. The molecule has 0 saturated carbocycles. The number of ether oxygens (including phenoxy) is 2. The van der Waals surface area contributed by atoms with Crippen molar-refractivity contribution >= 4 is 44.8 Å². The van der Waals surface area contributed by atoms with E-state index in [4.69, 9.17) is 32.7 Å². The third-order valence-electron chi connectivity index (χ3n) is 4.72. The summed E-state index contributed by atoms with van der Waals surface area (Å²) < 4.78 is 38.9. The van der Waals surface area contributed by atoms with Gasteiger partial charge in [-0.1, -0.05) is 29.3 Å². The maximum Gasteiger partial charge on any atom is 0.268 e. The number of carbonyl (C=O) groups excluding carboxylic acids is 1. The smallest absolute Gasteiger partial charge is 0.268 e. The third kappa shape index (κ3) is 4.83. The lowest BCUT2D eigenvalue weighted by molar-refractivity contribution is -0.133. The van der Waals surface area contributed by atoms with E-state index in [1.807, 2.05) is 0 Å². The van der Waals surface area contributed by atoms with Crippen molar-refractivity contribution in [1.29, 1.82) is 0 Å². The molecule has 0 aromatic heterocycles. The fourth-order valence-electron chi connectivity index (χ4n) is 3.10.